The summed E-state index contributed by atoms with van der Waals surface area (Å²) in [6.45, 7) is 12.1. The van der Waals surface area contributed by atoms with E-state index in [9.17, 15) is 0 Å². The summed E-state index contributed by atoms with van der Waals surface area (Å²) in [7, 11) is 0. The first-order valence-corrected chi connectivity index (χ1v) is 4.56. The Kier molecular flexibility index (Phi) is 4.05. The number of rotatable bonds is 4. The van der Waals surface area contributed by atoms with Crippen LogP contribution >= 0.6 is 0 Å². The second-order valence-corrected chi connectivity index (χ2v) is 3.11. The standard InChI is InChI=1S/C10H18N2/c1-3-5-10(4-2)12-8-6-11-7-9-12/h3-4,10-11H,1-2,5-9H2. The third-order valence-electron chi connectivity index (χ3n) is 2.30. The zero-order valence-corrected chi connectivity index (χ0v) is 7.63. The van der Waals surface area contributed by atoms with Crippen molar-refractivity contribution in [2.75, 3.05) is 26.2 Å². The highest BCUT2D eigenvalue weighted by atomic mass is 15.2. The summed E-state index contributed by atoms with van der Waals surface area (Å²) in [5, 5.41) is 3.33. The van der Waals surface area contributed by atoms with Gasteiger partial charge >= 0.3 is 0 Å². The van der Waals surface area contributed by atoms with Gasteiger partial charge in [-0.3, -0.25) is 4.90 Å². The number of hydrogen-bond acceptors (Lipinski definition) is 2. The molecule has 0 bridgehead atoms. The molecule has 1 unspecified atom stereocenters. The van der Waals surface area contributed by atoms with Gasteiger partial charge in [0.25, 0.3) is 0 Å². The first kappa shape index (κ1) is 9.49. The maximum Gasteiger partial charge on any atom is 0.0311 e. The molecule has 0 amide bonds. The van der Waals surface area contributed by atoms with Crippen LogP contribution in [0.3, 0.4) is 0 Å². The highest BCUT2D eigenvalue weighted by Crippen LogP contribution is 2.06. The molecule has 1 saturated heterocycles. The quantitative estimate of drug-likeness (QED) is 0.627. The van der Waals surface area contributed by atoms with Crippen LogP contribution in [0.1, 0.15) is 6.42 Å². The lowest BCUT2D eigenvalue weighted by Crippen LogP contribution is -2.47. The molecule has 2 nitrogen and oxygen atoms in total. The summed E-state index contributed by atoms with van der Waals surface area (Å²) in [6.07, 6.45) is 5.00. The molecule has 0 aromatic carbocycles. The Labute approximate surface area is 74.9 Å². The van der Waals surface area contributed by atoms with E-state index in [-0.39, 0.29) is 0 Å². The maximum absolute atomic E-state index is 3.84. The number of piperazine rings is 1. The minimum absolute atomic E-state index is 0.490. The molecule has 1 aliphatic heterocycles. The SMILES string of the molecule is C=CCC(C=C)N1CCNCC1. The van der Waals surface area contributed by atoms with Crippen LogP contribution in [-0.2, 0) is 0 Å². The molecular formula is C10H18N2. The average molecular weight is 166 g/mol. The molecule has 1 aliphatic rings. The van der Waals surface area contributed by atoms with Crippen molar-refractivity contribution >= 4 is 0 Å². The van der Waals surface area contributed by atoms with Gasteiger partial charge in [-0.15, -0.1) is 13.2 Å². The van der Waals surface area contributed by atoms with E-state index < -0.39 is 0 Å². The monoisotopic (exact) mass is 166 g/mol. The zero-order chi connectivity index (χ0) is 8.81. The molecule has 1 rings (SSSR count). The van der Waals surface area contributed by atoms with E-state index in [1.54, 1.807) is 0 Å². The maximum atomic E-state index is 3.84. The molecule has 0 aliphatic carbocycles. The first-order valence-electron chi connectivity index (χ1n) is 4.56. The Balaban J connectivity index is 2.39. The van der Waals surface area contributed by atoms with E-state index in [2.05, 4.69) is 23.4 Å². The molecule has 1 fully saturated rings. The van der Waals surface area contributed by atoms with Crippen molar-refractivity contribution in [2.45, 2.75) is 12.5 Å². The summed E-state index contributed by atoms with van der Waals surface area (Å²) in [5.41, 5.74) is 0. The molecule has 0 radical (unpaired) electrons. The van der Waals surface area contributed by atoms with Gasteiger partial charge in [0.05, 0.1) is 0 Å². The summed E-state index contributed by atoms with van der Waals surface area (Å²) >= 11 is 0. The minimum Gasteiger partial charge on any atom is -0.314 e. The third-order valence-corrected chi connectivity index (χ3v) is 2.30. The molecule has 1 atom stereocenters. The van der Waals surface area contributed by atoms with Crippen LogP contribution in [0, 0.1) is 0 Å². The number of nitrogens with zero attached hydrogens (tertiary/aromatic N) is 1. The van der Waals surface area contributed by atoms with Gasteiger partial charge in [0.1, 0.15) is 0 Å². The first-order chi connectivity index (χ1) is 5.88. The lowest BCUT2D eigenvalue weighted by atomic mass is 10.1. The minimum atomic E-state index is 0.490. The van der Waals surface area contributed by atoms with E-state index in [4.69, 9.17) is 0 Å². The van der Waals surface area contributed by atoms with E-state index in [0.717, 1.165) is 32.6 Å². The molecular weight excluding hydrogens is 148 g/mol. The summed E-state index contributed by atoms with van der Waals surface area (Å²) in [4.78, 5) is 2.45. The van der Waals surface area contributed by atoms with Crippen LogP contribution in [0.5, 0.6) is 0 Å². The van der Waals surface area contributed by atoms with Gasteiger partial charge in [-0.1, -0.05) is 12.2 Å². The zero-order valence-electron chi connectivity index (χ0n) is 7.63. The van der Waals surface area contributed by atoms with Gasteiger partial charge < -0.3 is 5.32 Å². The summed E-state index contributed by atoms with van der Waals surface area (Å²) in [5.74, 6) is 0. The molecule has 1 N–H and O–H groups in total. The smallest absolute Gasteiger partial charge is 0.0311 e. The van der Waals surface area contributed by atoms with Crippen LogP contribution < -0.4 is 5.32 Å². The van der Waals surface area contributed by atoms with Crippen molar-refractivity contribution in [3.05, 3.63) is 25.3 Å². The van der Waals surface area contributed by atoms with Gasteiger partial charge in [0.2, 0.25) is 0 Å². The fourth-order valence-electron chi connectivity index (χ4n) is 1.58. The van der Waals surface area contributed by atoms with Gasteiger partial charge in [0, 0.05) is 32.2 Å². The molecule has 0 saturated carbocycles. The molecule has 0 aromatic heterocycles. The molecule has 68 valence electrons. The van der Waals surface area contributed by atoms with Gasteiger partial charge in [-0.25, -0.2) is 0 Å². The molecule has 12 heavy (non-hydrogen) atoms. The third kappa shape index (κ3) is 2.47. The van der Waals surface area contributed by atoms with Crippen molar-refractivity contribution in [3.8, 4) is 0 Å². The van der Waals surface area contributed by atoms with Crippen molar-refractivity contribution in [3.63, 3.8) is 0 Å². The van der Waals surface area contributed by atoms with Crippen molar-refractivity contribution in [1.29, 1.82) is 0 Å². The Hall–Kier alpha value is -0.600. The van der Waals surface area contributed by atoms with Gasteiger partial charge in [-0.2, -0.15) is 0 Å². The fourth-order valence-corrected chi connectivity index (χ4v) is 1.58. The lowest BCUT2D eigenvalue weighted by Gasteiger charge is -2.32. The molecule has 0 spiro atoms. The Morgan fingerprint density at radius 3 is 2.50 bits per heavy atom. The Morgan fingerprint density at radius 1 is 1.33 bits per heavy atom. The predicted molar refractivity (Wildman–Crippen MR) is 53.2 cm³/mol. The summed E-state index contributed by atoms with van der Waals surface area (Å²) in [6, 6.07) is 0.490. The van der Waals surface area contributed by atoms with Crippen LogP contribution in [0.15, 0.2) is 25.3 Å². The lowest BCUT2D eigenvalue weighted by molar-refractivity contribution is 0.203. The molecule has 2 heteroatoms. The largest absolute Gasteiger partial charge is 0.314 e. The predicted octanol–water partition coefficient (Wildman–Crippen LogP) is 1.02. The second-order valence-electron chi connectivity index (χ2n) is 3.11. The Morgan fingerprint density at radius 2 is 2.00 bits per heavy atom. The van der Waals surface area contributed by atoms with Gasteiger partial charge in [0.15, 0.2) is 0 Å². The summed E-state index contributed by atoms with van der Waals surface area (Å²) < 4.78 is 0. The number of nitrogens with one attached hydrogen (secondary N) is 1. The van der Waals surface area contributed by atoms with E-state index in [1.807, 2.05) is 12.2 Å². The Bertz CT molecular complexity index is 148. The van der Waals surface area contributed by atoms with E-state index in [1.165, 1.54) is 0 Å². The van der Waals surface area contributed by atoms with Crippen molar-refractivity contribution in [2.24, 2.45) is 0 Å². The normalized spacial score (nSPS) is 21.7. The fraction of sp³-hybridized carbons (Fsp3) is 0.600. The number of hydrogen-bond donors (Lipinski definition) is 1. The van der Waals surface area contributed by atoms with Crippen molar-refractivity contribution < 1.29 is 0 Å². The van der Waals surface area contributed by atoms with Crippen LogP contribution in [0.25, 0.3) is 0 Å². The van der Waals surface area contributed by atoms with Crippen LogP contribution in [0.2, 0.25) is 0 Å². The van der Waals surface area contributed by atoms with Crippen molar-refractivity contribution in [1.82, 2.24) is 10.2 Å². The van der Waals surface area contributed by atoms with Gasteiger partial charge in [-0.05, 0) is 6.42 Å². The van der Waals surface area contributed by atoms with E-state index >= 15 is 0 Å². The second kappa shape index (κ2) is 5.12. The van der Waals surface area contributed by atoms with E-state index in [0.29, 0.717) is 6.04 Å². The highest BCUT2D eigenvalue weighted by Gasteiger charge is 2.15. The molecule has 0 aromatic rings. The van der Waals surface area contributed by atoms with Crippen LogP contribution in [0.4, 0.5) is 0 Å². The highest BCUT2D eigenvalue weighted by molar-refractivity contribution is 4.93. The topological polar surface area (TPSA) is 15.3 Å². The average Bonchev–Trinajstić information content (AvgIpc) is 2.15. The molecule has 1 heterocycles. The van der Waals surface area contributed by atoms with Crippen LogP contribution in [-0.4, -0.2) is 37.1 Å².